The molecule has 0 saturated heterocycles. The fourth-order valence-electron chi connectivity index (χ4n) is 2.69. The molecular weight excluding hydrogens is 453 g/mol. The topological polar surface area (TPSA) is 57.0 Å². The first-order valence-electron chi connectivity index (χ1n) is 8.79. The standard InChI is InChI=1S/C20H18Cl3N3O2S/c1-28-10-4-9-26-19(14-5-2-3-6-15(14)21)24-25-20(26)29-12-18(27)13-7-8-16(22)17(23)11-13/h2-3,5-8,11H,4,9-10,12H2,1H3. The van der Waals surface area contributed by atoms with Gasteiger partial charge in [0.25, 0.3) is 0 Å². The van der Waals surface area contributed by atoms with Crippen molar-refractivity contribution in [2.24, 2.45) is 0 Å². The van der Waals surface area contributed by atoms with Gasteiger partial charge in [0.05, 0.1) is 20.8 Å². The van der Waals surface area contributed by atoms with Crippen LogP contribution in [0.3, 0.4) is 0 Å². The summed E-state index contributed by atoms with van der Waals surface area (Å²) in [5.41, 5.74) is 1.30. The zero-order valence-electron chi connectivity index (χ0n) is 15.6. The number of aromatic nitrogens is 3. The van der Waals surface area contributed by atoms with Crippen LogP contribution in [-0.4, -0.2) is 40.0 Å². The highest BCUT2D eigenvalue weighted by Crippen LogP contribution is 2.30. The molecule has 0 unspecified atom stereocenters. The van der Waals surface area contributed by atoms with Crippen LogP contribution in [0.15, 0.2) is 47.6 Å². The minimum Gasteiger partial charge on any atom is -0.385 e. The van der Waals surface area contributed by atoms with E-state index in [4.69, 9.17) is 39.5 Å². The van der Waals surface area contributed by atoms with Gasteiger partial charge in [-0.05, 0) is 36.8 Å². The van der Waals surface area contributed by atoms with Crippen LogP contribution in [-0.2, 0) is 11.3 Å². The fourth-order valence-corrected chi connectivity index (χ4v) is 4.07. The Bertz CT molecular complexity index is 1010. The number of ether oxygens (including phenoxy) is 1. The van der Waals surface area contributed by atoms with Crippen LogP contribution >= 0.6 is 46.6 Å². The number of Topliss-reactive ketones (excluding diaryl/α,β-unsaturated/α-hetero) is 1. The Morgan fingerprint density at radius 3 is 2.59 bits per heavy atom. The molecule has 9 heteroatoms. The molecule has 0 N–H and O–H groups in total. The number of halogens is 3. The lowest BCUT2D eigenvalue weighted by molar-refractivity contribution is 0.102. The Morgan fingerprint density at radius 1 is 1.07 bits per heavy atom. The lowest BCUT2D eigenvalue weighted by atomic mass is 10.1. The number of hydrogen-bond donors (Lipinski definition) is 0. The number of thioether (sulfide) groups is 1. The van der Waals surface area contributed by atoms with Crippen LogP contribution in [0.25, 0.3) is 11.4 Å². The normalized spacial score (nSPS) is 11.0. The van der Waals surface area contributed by atoms with E-state index in [0.29, 0.717) is 44.8 Å². The predicted molar refractivity (Wildman–Crippen MR) is 118 cm³/mol. The molecule has 0 saturated carbocycles. The van der Waals surface area contributed by atoms with Crippen LogP contribution in [0, 0.1) is 0 Å². The maximum Gasteiger partial charge on any atom is 0.191 e. The quantitative estimate of drug-likeness (QED) is 0.221. The van der Waals surface area contributed by atoms with Crippen molar-refractivity contribution in [3.8, 4) is 11.4 Å². The maximum atomic E-state index is 12.6. The zero-order valence-corrected chi connectivity index (χ0v) is 18.7. The van der Waals surface area contributed by atoms with Gasteiger partial charge in [-0.1, -0.05) is 58.7 Å². The molecular formula is C20H18Cl3N3O2S. The molecule has 152 valence electrons. The van der Waals surface area contributed by atoms with Gasteiger partial charge in [0.1, 0.15) is 0 Å². The predicted octanol–water partition coefficient (Wildman–Crippen LogP) is 5.92. The van der Waals surface area contributed by atoms with E-state index < -0.39 is 0 Å². The van der Waals surface area contributed by atoms with Gasteiger partial charge in [0.15, 0.2) is 16.8 Å². The molecule has 0 aliphatic heterocycles. The van der Waals surface area contributed by atoms with Gasteiger partial charge >= 0.3 is 0 Å². The van der Waals surface area contributed by atoms with Crippen molar-refractivity contribution < 1.29 is 9.53 Å². The number of nitrogens with zero attached hydrogens (tertiary/aromatic N) is 3. The van der Waals surface area contributed by atoms with Crippen molar-refractivity contribution in [2.45, 2.75) is 18.1 Å². The SMILES string of the molecule is COCCCn1c(SCC(=O)c2ccc(Cl)c(Cl)c2)nnc1-c1ccccc1Cl. The van der Waals surface area contributed by atoms with Gasteiger partial charge in [-0.15, -0.1) is 10.2 Å². The Kier molecular flexibility index (Phi) is 7.98. The zero-order chi connectivity index (χ0) is 20.8. The van der Waals surface area contributed by atoms with Crippen molar-refractivity contribution in [1.82, 2.24) is 14.8 Å². The number of hydrogen-bond acceptors (Lipinski definition) is 5. The first-order valence-corrected chi connectivity index (χ1v) is 10.9. The third kappa shape index (κ3) is 5.53. The number of benzene rings is 2. The summed E-state index contributed by atoms with van der Waals surface area (Å²) >= 11 is 19.6. The summed E-state index contributed by atoms with van der Waals surface area (Å²) in [6.45, 7) is 1.25. The van der Waals surface area contributed by atoms with Crippen molar-refractivity contribution in [3.63, 3.8) is 0 Å². The molecule has 0 aliphatic rings. The summed E-state index contributed by atoms with van der Waals surface area (Å²) in [5, 5.41) is 10.6. The fraction of sp³-hybridized carbons (Fsp3) is 0.250. The Labute approximate surface area is 188 Å². The molecule has 1 heterocycles. The minimum atomic E-state index is -0.0701. The maximum absolute atomic E-state index is 12.6. The summed E-state index contributed by atoms with van der Waals surface area (Å²) in [4.78, 5) is 12.6. The van der Waals surface area contributed by atoms with Gasteiger partial charge in [-0.2, -0.15) is 0 Å². The molecule has 0 fully saturated rings. The third-order valence-electron chi connectivity index (χ3n) is 4.14. The first-order chi connectivity index (χ1) is 14.0. The van der Waals surface area contributed by atoms with E-state index in [9.17, 15) is 4.79 Å². The van der Waals surface area contributed by atoms with E-state index >= 15 is 0 Å². The van der Waals surface area contributed by atoms with Crippen LogP contribution < -0.4 is 0 Å². The molecule has 3 aromatic rings. The second-order valence-corrected chi connectivity index (χ2v) is 8.29. The second kappa shape index (κ2) is 10.5. The summed E-state index contributed by atoms with van der Waals surface area (Å²) < 4.78 is 7.13. The van der Waals surface area contributed by atoms with Crippen LogP contribution in [0.4, 0.5) is 0 Å². The highest BCUT2D eigenvalue weighted by molar-refractivity contribution is 7.99. The Balaban J connectivity index is 1.81. The second-order valence-electron chi connectivity index (χ2n) is 6.12. The molecule has 3 rings (SSSR count). The Hall–Kier alpha value is -1.57. The van der Waals surface area contributed by atoms with E-state index in [0.717, 1.165) is 12.0 Å². The Morgan fingerprint density at radius 2 is 1.86 bits per heavy atom. The van der Waals surface area contributed by atoms with E-state index in [2.05, 4.69) is 10.2 Å². The average molecular weight is 471 g/mol. The van der Waals surface area contributed by atoms with E-state index in [1.807, 2.05) is 28.8 Å². The highest BCUT2D eigenvalue weighted by atomic mass is 35.5. The van der Waals surface area contributed by atoms with Gasteiger partial charge < -0.3 is 9.30 Å². The third-order valence-corrected chi connectivity index (χ3v) is 6.17. The largest absolute Gasteiger partial charge is 0.385 e. The number of rotatable bonds is 9. The number of methoxy groups -OCH3 is 1. The van der Waals surface area contributed by atoms with Crippen molar-refractivity contribution in [3.05, 3.63) is 63.1 Å². The summed E-state index contributed by atoms with van der Waals surface area (Å²) in [5.74, 6) is 0.790. The molecule has 5 nitrogen and oxygen atoms in total. The molecule has 1 aromatic heterocycles. The summed E-state index contributed by atoms with van der Waals surface area (Å²) in [6, 6.07) is 12.3. The van der Waals surface area contributed by atoms with E-state index in [-0.39, 0.29) is 11.5 Å². The molecule has 0 radical (unpaired) electrons. The van der Waals surface area contributed by atoms with Crippen LogP contribution in [0.5, 0.6) is 0 Å². The van der Waals surface area contributed by atoms with Gasteiger partial charge in [-0.25, -0.2) is 0 Å². The number of carbonyl (C=O) groups excluding carboxylic acids is 1. The van der Waals surface area contributed by atoms with Crippen molar-refractivity contribution in [2.75, 3.05) is 19.5 Å². The molecule has 29 heavy (non-hydrogen) atoms. The first kappa shape index (κ1) is 22.1. The molecule has 0 spiro atoms. The van der Waals surface area contributed by atoms with Crippen molar-refractivity contribution in [1.29, 1.82) is 0 Å². The lowest BCUT2D eigenvalue weighted by Crippen LogP contribution is -2.08. The van der Waals surface area contributed by atoms with Crippen molar-refractivity contribution >= 4 is 52.3 Å². The van der Waals surface area contributed by atoms with Crippen LogP contribution in [0.2, 0.25) is 15.1 Å². The molecule has 0 amide bonds. The van der Waals surface area contributed by atoms with Gasteiger partial charge in [0, 0.05) is 31.4 Å². The monoisotopic (exact) mass is 469 g/mol. The number of ketones is 1. The highest BCUT2D eigenvalue weighted by Gasteiger charge is 2.18. The van der Waals surface area contributed by atoms with Gasteiger partial charge in [-0.3, -0.25) is 4.79 Å². The minimum absolute atomic E-state index is 0.0701. The molecule has 2 aromatic carbocycles. The smallest absolute Gasteiger partial charge is 0.191 e. The van der Waals surface area contributed by atoms with Gasteiger partial charge in [0.2, 0.25) is 0 Å². The molecule has 0 bridgehead atoms. The average Bonchev–Trinajstić information content (AvgIpc) is 3.11. The lowest BCUT2D eigenvalue weighted by Gasteiger charge is -2.11. The summed E-state index contributed by atoms with van der Waals surface area (Å²) in [7, 11) is 1.66. The number of carbonyl (C=O) groups is 1. The summed E-state index contributed by atoms with van der Waals surface area (Å²) in [6.07, 6.45) is 0.778. The molecule has 0 aliphatic carbocycles. The molecule has 0 atom stereocenters. The van der Waals surface area contributed by atoms with E-state index in [1.54, 1.807) is 25.3 Å². The van der Waals surface area contributed by atoms with Crippen LogP contribution in [0.1, 0.15) is 16.8 Å². The van der Waals surface area contributed by atoms with E-state index in [1.165, 1.54) is 11.8 Å².